The fraction of sp³-hybridized carbons (Fsp3) is 0.385. The third-order valence-corrected chi connectivity index (χ3v) is 3.43. The van der Waals surface area contributed by atoms with Gasteiger partial charge in [0, 0.05) is 19.2 Å². The molecule has 1 aliphatic rings. The standard InChI is InChI=1S/C13H16ClN3O3/c1-19-7-6-17-11(12(15)16-13(17)18)10-8(14)4-3-5-9(10)20-2/h3-5,11H,6-7H2,1-2H3,(H2,15,16,18). The summed E-state index contributed by atoms with van der Waals surface area (Å²) in [5.41, 5.74) is 6.53. The Labute approximate surface area is 122 Å². The van der Waals surface area contributed by atoms with Gasteiger partial charge in [-0.25, -0.2) is 4.79 Å². The summed E-state index contributed by atoms with van der Waals surface area (Å²) in [4.78, 5) is 17.2. The SMILES string of the molecule is COCCN1C(=O)N=C(N)C1c1c(Cl)cccc1OC. The molecule has 0 saturated carbocycles. The molecule has 0 aliphatic carbocycles. The molecule has 1 aromatic carbocycles. The van der Waals surface area contributed by atoms with Crippen molar-refractivity contribution in [2.45, 2.75) is 6.04 Å². The van der Waals surface area contributed by atoms with E-state index in [0.29, 0.717) is 29.5 Å². The van der Waals surface area contributed by atoms with Gasteiger partial charge < -0.3 is 20.1 Å². The zero-order chi connectivity index (χ0) is 14.7. The lowest BCUT2D eigenvalue weighted by Gasteiger charge is -2.26. The molecule has 0 saturated heterocycles. The Kier molecular flexibility index (Phi) is 4.46. The van der Waals surface area contributed by atoms with E-state index in [1.807, 2.05) is 0 Å². The summed E-state index contributed by atoms with van der Waals surface area (Å²) >= 11 is 6.24. The van der Waals surface area contributed by atoms with Crippen molar-refractivity contribution >= 4 is 23.5 Å². The zero-order valence-electron chi connectivity index (χ0n) is 11.3. The summed E-state index contributed by atoms with van der Waals surface area (Å²) < 4.78 is 10.3. The lowest BCUT2D eigenvalue weighted by molar-refractivity contribution is 0.150. The van der Waals surface area contributed by atoms with E-state index in [2.05, 4.69) is 4.99 Å². The molecule has 2 N–H and O–H groups in total. The summed E-state index contributed by atoms with van der Waals surface area (Å²) in [5, 5.41) is 0.476. The van der Waals surface area contributed by atoms with Gasteiger partial charge in [0.05, 0.1) is 18.7 Å². The smallest absolute Gasteiger partial charge is 0.346 e. The van der Waals surface area contributed by atoms with Gasteiger partial charge in [-0.05, 0) is 12.1 Å². The molecule has 108 valence electrons. The van der Waals surface area contributed by atoms with Crippen molar-refractivity contribution < 1.29 is 14.3 Å². The van der Waals surface area contributed by atoms with Crippen LogP contribution in [0.3, 0.4) is 0 Å². The number of urea groups is 1. The second-order valence-electron chi connectivity index (χ2n) is 4.26. The van der Waals surface area contributed by atoms with Crippen LogP contribution in [0.2, 0.25) is 5.02 Å². The number of methoxy groups -OCH3 is 2. The van der Waals surface area contributed by atoms with Crippen molar-refractivity contribution in [3.8, 4) is 5.75 Å². The number of carbonyl (C=O) groups is 1. The monoisotopic (exact) mass is 297 g/mol. The highest BCUT2D eigenvalue weighted by molar-refractivity contribution is 6.32. The minimum atomic E-state index is -0.527. The van der Waals surface area contributed by atoms with Gasteiger partial charge in [0.25, 0.3) is 0 Å². The number of benzene rings is 1. The molecule has 7 heteroatoms. The Morgan fingerprint density at radius 2 is 2.20 bits per heavy atom. The maximum atomic E-state index is 11.9. The first kappa shape index (κ1) is 14.6. The molecule has 0 fully saturated rings. The van der Waals surface area contributed by atoms with Gasteiger partial charge >= 0.3 is 6.03 Å². The van der Waals surface area contributed by atoms with Crippen LogP contribution in [0.25, 0.3) is 0 Å². The van der Waals surface area contributed by atoms with E-state index in [0.717, 1.165) is 0 Å². The fourth-order valence-electron chi connectivity index (χ4n) is 2.18. The van der Waals surface area contributed by atoms with Crippen LogP contribution < -0.4 is 10.5 Å². The first-order valence-electron chi connectivity index (χ1n) is 6.06. The number of hydrogen-bond donors (Lipinski definition) is 1. The summed E-state index contributed by atoms with van der Waals surface area (Å²) in [6, 6.07) is 4.34. The van der Waals surface area contributed by atoms with Crippen LogP contribution in [0.1, 0.15) is 11.6 Å². The Morgan fingerprint density at radius 3 is 2.85 bits per heavy atom. The predicted molar refractivity (Wildman–Crippen MR) is 76.3 cm³/mol. The topological polar surface area (TPSA) is 77.2 Å². The van der Waals surface area contributed by atoms with Crippen LogP contribution in [-0.4, -0.2) is 44.1 Å². The maximum Gasteiger partial charge on any atom is 0.346 e. The highest BCUT2D eigenvalue weighted by atomic mass is 35.5. The van der Waals surface area contributed by atoms with Crippen LogP contribution in [0.5, 0.6) is 5.75 Å². The Hall–Kier alpha value is -1.79. The van der Waals surface area contributed by atoms with Crippen molar-refractivity contribution in [2.75, 3.05) is 27.4 Å². The molecular weight excluding hydrogens is 282 g/mol. The van der Waals surface area contributed by atoms with Crippen LogP contribution in [0, 0.1) is 0 Å². The largest absolute Gasteiger partial charge is 0.496 e. The lowest BCUT2D eigenvalue weighted by atomic mass is 10.0. The maximum absolute atomic E-state index is 11.9. The van der Waals surface area contributed by atoms with E-state index < -0.39 is 12.1 Å². The molecule has 1 heterocycles. The third-order valence-electron chi connectivity index (χ3n) is 3.10. The van der Waals surface area contributed by atoms with Crippen LogP contribution in [-0.2, 0) is 4.74 Å². The van der Waals surface area contributed by atoms with Gasteiger partial charge in [-0.1, -0.05) is 17.7 Å². The molecule has 2 rings (SSSR count). The minimum Gasteiger partial charge on any atom is -0.496 e. The average Bonchev–Trinajstić information content (AvgIpc) is 2.70. The second kappa shape index (κ2) is 6.11. The van der Waals surface area contributed by atoms with Crippen molar-refractivity contribution in [3.05, 3.63) is 28.8 Å². The Bertz CT molecular complexity index is 548. The predicted octanol–water partition coefficient (Wildman–Crippen LogP) is 1.83. The minimum absolute atomic E-state index is 0.206. The molecule has 0 radical (unpaired) electrons. The number of nitrogens with zero attached hydrogens (tertiary/aromatic N) is 2. The molecule has 1 unspecified atom stereocenters. The fourth-order valence-corrected chi connectivity index (χ4v) is 2.45. The number of ether oxygens (including phenoxy) is 2. The number of amidine groups is 1. The second-order valence-corrected chi connectivity index (χ2v) is 4.67. The molecule has 0 spiro atoms. The van der Waals surface area contributed by atoms with Crippen molar-refractivity contribution in [1.29, 1.82) is 0 Å². The molecule has 1 atom stereocenters. The number of halogens is 1. The van der Waals surface area contributed by atoms with Crippen molar-refractivity contribution in [2.24, 2.45) is 10.7 Å². The van der Waals surface area contributed by atoms with Crippen molar-refractivity contribution in [3.63, 3.8) is 0 Å². The highest BCUT2D eigenvalue weighted by Crippen LogP contribution is 2.37. The average molecular weight is 298 g/mol. The van der Waals surface area contributed by atoms with E-state index in [1.54, 1.807) is 32.4 Å². The lowest BCUT2D eigenvalue weighted by Crippen LogP contribution is -2.36. The summed E-state index contributed by atoms with van der Waals surface area (Å²) in [6.07, 6.45) is 0. The number of nitrogens with two attached hydrogens (primary N) is 1. The summed E-state index contributed by atoms with van der Waals surface area (Å²) in [5.74, 6) is 0.773. The van der Waals surface area contributed by atoms with Crippen LogP contribution >= 0.6 is 11.6 Å². The number of amides is 2. The Balaban J connectivity index is 2.43. The van der Waals surface area contributed by atoms with E-state index in [9.17, 15) is 4.79 Å². The molecule has 20 heavy (non-hydrogen) atoms. The van der Waals surface area contributed by atoms with Gasteiger partial charge in [-0.2, -0.15) is 4.99 Å². The zero-order valence-corrected chi connectivity index (χ0v) is 12.1. The van der Waals surface area contributed by atoms with E-state index in [-0.39, 0.29) is 5.84 Å². The van der Waals surface area contributed by atoms with E-state index in [1.165, 1.54) is 4.90 Å². The first-order chi connectivity index (χ1) is 9.60. The van der Waals surface area contributed by atoms with Gasteiger partial charge in [-0.15, -0.1) is 0 Å². The summed E-state index contributed by atoms with van der Waals surface area (Å²) in [6.45, 7) is 0.760. The molecular formula is C13H16ClN3O3. The van der Waals surface area contributed by atoms with Crippen LogP contribution in [0.15, 0.2) is 23.2 Å². The summed E-state index contributed by atoms with van der Waals surface area (Å²) in [7, 11) is 3.11. The van der Waals surface area contributed by atoms with Gasteiger partial charge in [0.2, 0.25) is 0 Å². The van der Waals surface area contributed by atoms with Gasteiger partial charge in [0.1, 0.15) is 17.6 Å². The first-order valence-corrected chi connectivity index (χ1v) is 6.44. The number of hydrogen-bond acceptors (Lipinski definition) is 4. The normalized spacial score (nSPS) is 18.4. The van der Waals surface area contributed by atoms with Gasteiger partial charge in [-0.3, -0.25) is 0 Å². The molecule has 2 amide bonds. The quantitative estimate of drug-likeness (QED) is 0.899. The van der Waals surface area contributed by atoms with E-state index in [4.69, 9.17) is 26.8 Å². The van der Waals surface area contributed by atoms with Crippen molar-refractivity contribution in [1.82, 2.24) is 4.90 Å². The molecule has 1 aromatic rings. The molecule has 6 nitrogen and oxygen atoms in total. The highest BCUT2D eigenvalue weighted by Gasteiger charge is 2.37. The molecule has 1 aliphatic heterocycles. The number of aliphatic imine (C=N–C) groups is 1. The number of carbonyl (C=O) groups excluding carboxylic acids is 1. The number of rotatable bonds is 5. The van der Waals surface area contributed by atoms with Crippen LogP contribution in [0.4, 0.5) is 4.79 Å². The van der Waals surface area contributed by atoms with Gasteiger partial charge in [0.15, 0.2) is 0 Å². The van der Waals surface area contributed by atoms with E-state index >= 15 is 0 Å². The Morgan fingerprint density at radius 1 is 1.45 bits per heavy atom. The molecule has 0 bridgehead atoms. The third kappa shape index (κ3) is 2.57. The molecule has 0 aromatic heterocycles.